The number of para-hydroxylation sites is 2. The molecule has 1 heterocycles. The molecule has 0 radical (unpaired) electrons. The summed E-state index contributed by atoms with van der Waals surface area (Å²) in [6.45, 7) is 1.11. The first-order valence-electron chi connectivity index (χ1n) is 6.81. The highest BCUT2D eigenvalue weighted by Gasteiger charge is 2.06. The second-order valence-electron chi connectivity index (χ2n) is 4.83. The van der Waals surface area contributed by atoms with Crippen LogP contribution in [0.25, 0.3) is 11.0 Å². The van der Waals surface area contributed by atoms with Crippen molar-refractivity contribution < 1.29 is 4.39 Å². The average Bonchev–Trinajstić information content (AvgIpc) is 2.88. The number of halogens is 2. The minimum atomic E-state index is -0.279. The van der Waals surface area contributed by atoms with E-state index in [-0.39, 0.29) is 5.82 Å². The average molecular weight is 304 g/mol. The van der Waals surface area contributed by atoms with Crippen LogP contribution in [0.1, 0.15) is 11.4 Å². The number of H-pyrrole nitrogens is 1. The van der Waals surface area contributed by atoms with Crippen LogP contribution in [0.3, 0.4) is 0 Å². The van der Waals surface area contributed by atoms with Crippen LogP contribution in [0.4, 0.5) is 4.39 Å². The standard InChI is InChI=1S/C16H15ClFN3/c17-12-4-3-5-13(18)11(12)10-19-9-8-16-20-14-6-1-2-7-15(14)21-16/h1-7,19H,8-10H2,(H,20,21). The fraction of sp³-hybridized carbons (Fsp3) is 0.188. The van der Waals surface area contributed by atoms with Crippen LogP contribution in [0, 0.1) is 5.82 Å². The van der Waals surface area contributed by atoms with Crippen molar-refractivity contribution in [1.82, 2.24) is 15.3 Å². The lowest BCUT2D eigenvalue weighted by atomic mass is 10.2. The smallest absolute Gasteiger partial charge is 0.129 e. The van der Waals surface area contributed by atoms with Crippen molar-refractivity contribution in [2.45, 2.75) is 13.0 Å². The molecule has 0 fully saturated rings. The molecule has 0 aliphatic heterocycles. The predicted molar refractivity (Wildman–Crippen MR) is 82.9 cm³/mol. The van der Waals surface area contributed by atoms with Crippen molar-refractivity contribution in [2.24, 2.45) is 0 Å². The molecule has 3 aromatic rings. The van der Waals surface area contributed by atoms with Gasteiger partial charge in [0.15, 0.2) is 0 Å². The number of nitrogens with one attached hydrogen (secondary N) is 2. The Morgan fingerprint density at radius 1 is 1.14 bits per heavy atom. The lowest BCUT2D eigenvalue weighted by Gasteiger charge is -2.07. The minimum Gasteiger partial charge on any atom is -0.342 e. The van der Waals surface area contributed by atoms with Crippen molar-refractivity contribution >= 4 is 22.6 Å². The number of aromatic nitrogens is 2. The fourth-order valence-electron chi connectivity index (χ4n) is 2.25. The Hall–Kier alpha value is -1.91. The highest BCUT2D eigenvalue weighted by atomic mass is 35.5. The summed E-state index contributed by atoms with van der Waals surface area (Å²) < 4.78 is 13.6. The van der Waals surface area contributed by atoms with Crippen molar-refractivity contribution in [1.29, 1.82) is 0 Å². The van der Waals surface area contributed by atoms with Crippen molar-refractivity contribution in [3.63, 3.8) is 0 Å². The van der Waals surface area contributed by atoms with E-state index in [1.807, 2.05) is 24.3 Å². The Balaban J connectivity index is 1.56. The van der Waals surface area contributed by atoms with E-state index in [4.69, 9.17) is 11.6 Å². The molecule has 0 aliphatic rings. The van der Waals surface area contributed by atoms with Crippen LogP contribution < -0.4 is 5.32 Å². The minimum absolute atomic E-state index is 0.279. The Bertz CT molecular complexity index is 701. The highest BCUT2D eigenvalue weighted by Crippen LogP contribution is 2.18. The van der Waals surface area contributed by atoms with Gasteiger partial charge in [0.2, 0.25) is 0 Å². The molecule has 2 aromatic carbocycles. The summed E-state index contributed by atoms with van der Waals surface area (Å²) in [5, 5.41) is 3.64. The van der Waals surface area contributed by atoms with E-state index in [2.05, 4.69) is 15.3 Å². The Morgan fingerprint density at radius 3 is 2.81 bits per heavy atom. The Labute approximate surface area is 127 Å². The second-order valence-corrected chi connectivity index (χ2v) is 5.23. The third kappa shape index (κ3) is 3.23. The first-order valence-corrected chi connectivity index (χ1v) is 7.19. The molecule has 0 bridgehead atoms. The van der Waals surface area contributed by atoms with Gasteiger partial charge in [-0.25, -0.2) is 9.37 Å². The van der Waals surface area contributed by atoms with Gasteiger partial charge in [-0.3, -0.25) is 0 Å². The quantitative estimate of drug-likeness (QED) is 0.706. The molecule has 108 valence electrons. The molecule has 0 saturated carbocycles. The van der Waals surface area contributed by atoms with Gasteiger partial charge in [0.1, 0.15) is 11.6 Å². The van der Waals surface area contributed by atoms with Crippen LogP contribution in [-0.2, 0) is 13.0 Å². The van der Waals surface area contributed by atoms with Gasteiger partial charge in [-0.1, -0.05) is 29.8 Å². The maximum atomic E-state index is 13.6. The molecular formula is C16H15ClFN3. The van der Waals surface area contributed by atoms with E-state index < -0.39 is 0 Å². The molecule has 5 heteroatoms. The zero-order valence-electron chi connectivity index (χ0n) is 11.4. The molecule has 3 rings (SSSR count). The molecule has 0 unspecified atom stereocenters. The van der Waals surface area contributed by atoms with E-state index >= 15 is 0 Å². The summed E-state index contributed by atoms with van der Waals surface area (Å²) in [4.78, 5) is 7.76. The molecular weight excluding hydrogens is 289 g/mol. The summed E-state index contributed by atoms with van der Waals surface area (Å²) >= 11 is 5.98. The van der Waals surface area contributed by atoms with Crippen LogP contribution in [-0.4, -0.2) is 16.5 Å². The molecule has 0 saturated heterocycles. The number of nitrogens with zero attached hydrogens (tertiary/aromatic N) is 1. The van der Waals surface area contributed by atoms with Crippen LogP contribution in [0.5, 0.6) is 0 Å². The number of benzene rings is 2. The first-order chi connectivity index (χ1) is 10.2. The molecule has 0 atom stereocenters. The molecule has 1 aromatic heterocycles. The van der Waals surface area contributed by atoms with Gasteiger partial charge in [0.05, 0.1) is 11.0 Å². The zero-order valence-corrected chi connectivity index (χ0v) is 12.1. The lowest BCUT2D eigenvalue weighted by Crippen LogP contribution is -2.18. The monoisotopic (exact) mass is 303 g/mol. The SMILES string of the molecule is Fc1cccc(Cl)c1CNCCc1nc2ccccc2[nH]1. The van der Waals surface area contributed by atoms with Gasteiger partial charge < -0.3 is 10.3 Å². The van der Waals surface area contributed by atoms with Crippen molar-refractivity contribution in [3.05, 3.63) is 64.7 Å². The van der Waals surface area contributed by atoms with E-state index in [0.29, 0.717) is 23.7 Å². The molecule has 3 nitrogen and oxygen atoms in total. The predicted octanol–water partition coefficient (Wildman–Crippen LogP) is 3.69. The largest absolute Gasteiger partial charge is 0.342 e. The number of hydrogen-bond acceptors (Lipinski definition) is 2. The summed E-state index contributed by atoms with van der Waals surface area (Å²) in [7, 11) is 0. The summed E-state index contributed by atoms with van der Waals surface area (Å²) in [5.74, 6) is 0.641. The van der Waals surface area contributed by atoms with Gasteiger partial charge in [0.25, 0.3) is 0 Å². The van der Waals surface area contributed by atoms with E-state index in [1.54, 1.807) is 12.1 Å². The van der Waals surface area contributed by atoms with Gasteiger partial charge in [-0.15, -0.1) is 0 Å². The summed E-state index contributed by atoms with van der Waals surface area (Å²) in [5.41, 5.74) is 2.50. The molecule has 2 N–H and O–H groups in total. The highest BCUT2D eigenvalue weighted by molar-refractivity contribution is 6.31. The number of hydrogen-bond donors (Lipinski definition) is 2. The number of imidazole rings is 1. The summed E-state index contributed by atoms with van der Waals surface area (Å²) in [6.07, 6.45) is 0.751. The van der Waals surface area contributed by atoms with Crippen LogP contribution >= 0.6 is 11.6 Å². The van der Waals surface area contributed by atoms with Crippen molar-refractivity contribution in [3.8, 4) is 0 Å². The zero-order chi connectivity index (χ0) is 14.7. The Morgan fingerprint density at radius 2 is 2.00 bits per heavy atom. The third-order valence-corrected chi connectivity index (χ3v) is 3.69. The topological polar surface area (TPSA) is 40.7 Å². The van der Waals surface area contributed by atoms with Crippen LogP contribution in [0.15, 0.2) is 42.5 Å². The molecule has 21 heavy (non-hydrogen) atoms. The summed E-state index contributed by atoms with van der Waals surface area (Å²) in [6, 6.07) is 12.6. The number of rotatable bonds is 5. The van der Waals surface area contributed by atoms with E-state index in [0.717, 1.165) is 23.3 Å². The van der Waals surface area contributed by atoms with Gasteiger partial charge in [-0.2, -0.15) is 0 Å². The van der Waals surface area contributed by atoms with Gasteiger partial charge >= 0.3 is 0 Å². The molecule has 0 amide bonds. The second kappa shape index (κ2) is 6.24. The van der Waals surface area contributed by atoms with E-state index in [9.17, 15) is 4.39 Å². The van der Waals surface area contributed by atoms with Gasteiger partial charge in [-0.05, 0) is 24.3 Å². The van der Waals surface area contributed by atoms with Crippen molar-refractivity contribution in [2.75, 3.05) is 6.54 Å². The maximum absolute atomic E-state index is 13.6. The normalized spacial score (nSPS) is 11.1. The van der Waals surface area contributed by atoms with Crippen LogP contribution in [0.2, 0.25) is 5.02 Å². The van der Waals surface area contributed by atoms with E-state index in [1.165, 1.54) is 6.07 Å². The lowest BCUT2D eigenvalue weighted by molar-refractivity contribution is 0.587. The number of fused-ring (bicyclic) bond motifs is 1. The number of aromatic amines is 1. The maximum Gasteiger partial charge on any atom is 0.129 e. The van der Waals surface area contributed by atoms with Gasteiger partial charge in [0, 0.05) is 30.1 Å². The third-order valence-electron chi connectivity index (χ3n) is 3.34. The Kier molecular flexibility index (Phi) is 4.18. The molecule has 0 spiro atoms. The molecule has 0 aliphatic carbocycles. The first kappa shape index (κ1) is 14.0. The fourth-order valence-corrected chi connectivity index (χ4v) is 2.48.